The van der Waals surface area contributed by atoms with Gasteiger partial charge in [-0.15, -0.1) is 0 Å². The molecule has 8 heteroatoms. The quantitative estimate of drug-likeness (QED) is 0.585. The van der Waals surface area contributed by atoms with Crippen LogP contribution in [0.3, 0.4) is 0 Å². The molecule has 0 aliphatic heterocycles. The van der Waals surface area contributed by atoms with Crippen LogP contribution in [0.5, 0.6) is 0 Å². The number of hydrogen-bond donors (Lipinski definition) is 4. The molecule has 1 heterocycles. The lowest BCUT2D eigenvalue weighted by atomic mass is 10.3. The summed E-state index contributed by atoms with van der Waals surface area (Å²) in [6, 6.07) is 7.07. The van der Waals surface area contributed by atoms with E-state index in [2.05, 4.69) is 31.2 Å². The van der Waals surface area contributed by atoms with Gasteiger partial charge < -0.3 is 21.3 Å². The van der Waals surface area contributed by atoms with E-state index in [1.54, 1.807) is 0 Å². The van der Waals surface area contributed by atoms with Crippen LogP contribution >= 0.6 is 0 Å². The highest BCUT2D eigenvalue weighted by molar-refractivity contribution is 5.89. The molecule has 2 amide bonds. The minimum Gasteiger partial charge on any atom is -0.370 e. The number of urea groups is 1. The molecular weight excluding hydrogens is 311 g/mol. The first-order valence-corrected chi connectivity index (χ1v) is 7.70. The molecule has 0 atom stereocenters. The Morgan fingerprint density at radius 1 is 1.12 bits per heavy atom. The van der Waals surface area contributed by atoms with Crippen LogP contribution in [-0.4, -0.2) is 35.6 Å². The molecule has 0 radical (unpaired) electrons. The number of hydrogen-bond acceptors (Lipinski definition) is 5. The van der Waals surface area contributed by atoms with Gasteiger partial charge in [0.1, 0.15) is 11.6 Å². The Hall–Kier alpha value is -2.90. The fourth-order valence-corrected chi connectivity index (χ4v) is 1.98. The Bertz CT molecular complexity index is 677. The van der Waals surface area contributed by atoms with Crippen molar-refractivity contribution in [2.45, 2.75) is 13.8 Å². The Morgan fingerprint density at radius 3 is 2.58 bits per heavy atom. The molecule has 0 spiro atoms. The largest absolute Gasteiger partial charge is 0.370 e. The molecule has 2 aromatic rings. The van der Waals surface area contributed by atoms with Crippen molar-refractivity contribution in [3.05, 3.63) is 41.8 Å². The summed E-state index contributed by atoms with van der Waals surface area (Å²) in [7, 11) is 0. The molecule has 0 bridgehead atoms. The van der Waals surface area contributed by atoms with Crippen molar-refractivity contribution < 1.29 is 9.18 Å². The SMILES string of the molecule is CCNc1cc(C)nc(NCCNC(=O)Nc2ccc(F)cc2)n1. The van der Waals surface area contributed by atoms with Crippen molar-refractivity contribution in [2.24, 2.45) is 0 Å². The first-order chi connectivity index (χ1) is 11.6. The maximum absolute atomic E-state index is 12.8. The number of nitrogens with one attached hydrogen (secondary N) is 4. The third-order valence-corrected chi connectivity index (χ3v) is 3.01. The standard InChI is InChI=1S/C16H21FN6O/c1-3-18-14-10-11(2)21-15(23-14)19-8-9-20-16(24)22-13-6-4-12(17)5-7-13/h4-7,10H,3,8-9H2,1-2H3,(H2,20,22,24)(H2,18,19,21,23). The maximum Gasteiger partial charge on any atom is 0.319 e. The van der Waals surface area contributed by atoms with E-state index >= 15 is 0 Å². The molecule has 128 valence electrons. The zero-order chi connectivity index (χ0) is 17.4. The summed E-state index contributed by atoms with van der Waals surface area (Å²) in [5.41, 5.74) is 1.38. The van der Waals surface area contributed by atoms with E-state index in [0.717, 1.165) is 18.1 Å². The lowest BCUT2D eigenvalue weighted by Gasteiger charge is -2.10. The van der Waals surface area contributed by atoms with E-state index in [0.29, 0.717) is 24.7 Å². The summed E-state index contributed by atoms with van der Waals surface area (Å²) in [5.74, 6) is 0.918. The van der Waals surface area contributed by atoms with Gasteiger partial charge in [-0.1, -0.05) is 0 Å². The minimum atomic E-state index is -0.359. The van der Waals surface area contributed by atoms with Crippen molar-refractivity contribution in [3.8, 4) is 0 Å². The number of nitrogens with zero attached hydrogens (tertiary/aromatic N) is 2. The second-order valence-electron chi connectivity index (χ2n) is 5.06. The van der Waals surface area contributed by atoms with Gasteiger partial charge in [0.15, 0.2) is 0 Å². The van der Waals surface area contributed by atoms with Crippen LogP contribution in [0.1, 0.15) is 12.6 Å². The van der Waals surface area contributed by atoms with E-state index in [9.17, 15) is 9.18 Å². The first kappa shape index (κ1) is 17.5. The molecule has 7 nitrogen and oxygen atoms in total. The second-order valence-corrected chi connectivity index (χ2v) is 5.06. The minimum absolute atomic E-state index is 0.347. The van der Waals surface area contributed by atoms with Gasteiger partial charge in [0.2, 0.25) is 5.95 Å². The number of rotatable bonds is 7. The van der Waals surface area contributed by atoms with Crippen molar-refractivity contribution in [1.29, 1.82) is 0 Å². The van der Waals surface area contributed by atoms with Crippen LogP contribution in [0.2, 0.25) is 0 Å². The third-order valence-electron chi connectivity index (χ3n) is 3.01. The fourth-order valence-electron chi connectivity index (χ4n) is 1.98. The van der Waals surface area contributed by atoms with E-state index in [1.165, 1.54) is 24.3 Å². The Balaban J connectivity index is 1.74. The fraction of sp³-hybridized carbons (Fsp3) is 0.312. The molecular formula is C16H21FN6O. The molecule has 2 rings (SSSR count). The number of anilines is 3. The number of carbonyl (C=O) groups is 1. The number of aryl methyl sites for hydroxylation is 1. The average Bonchev–Trinajstić information content (AvgIpc) is 2.54. The van der Waals surface area contributed by atoms with Crippen LogP contribution < -0.4 is 21.3 Å². The highest BCUT2D eigenvalue weighted by atomic mass is 19.1. The first-order valence-electron chi connectivity index (χ1n) is 7.70. The van der Waals surface area contributed by atoms with Crippen molar-refractivity contribution in [3.63, 3.8) is 0 Å². The van der Waals surface area contributed by atoms with Gasteiger partial charge in [-0.3, -0.25) is 0 Å². The summed E-state index contributed by atoms with van der Waals surface area (Å²) in [6.45, 7) is 5.53. The molecule has 0 saturated heterocycles. The molecule has 1 aromatic heterocycles. The number of halogens is 1. The normalized spacial score (nSPS) is 10.1. The Morgan fingerprint density at radius 2 is 1.88 bits per heavy atom. The third kappa shape index (κ3) is 5.71. The Labute approximate surface area is 140 Å². The highest BCUT2D eigenvalue weighted by Crippen LogP contribution is 2.09. The summed E-state index contributed by atoms with van der Waals surface area (Å²) < 4.78 is 12.8. The second kappa shape index (κ2) is 8.66. The molecule has 0 aliphatic carbocycles. The van der Waals surface area contributed by atoms with Gasteiger partial charge in [0.05, 0.1) is 0 Å². The highest BCUT2D eigenvalue weighted by Gasteiger charge is 2.03. The summed E-state index contributed by atoms with van der Waals surface area (Å²) >= 11 is 0. The zero-order valence-corrected chi connectivity index (χ0v) is 13.7. The van der Waals surface area contributed by atoms with E-state index in [4.69, 9.17) is 0 Å². The van der Waals surface area contributed by atoms with Gasteiger partial charge in [-0.25, -0.2) is 14.2 Å². The number of amides is 2. The maximum atomic E-state index is 12.8. The van der Waals surface area contributed by atoms with Crippen LogP contribution in [0.25, 0.3) is 0 Å². The predicted molar refractivity (Wildman–Crippen MR) is 92.8 cm³/mol. The van der Waals surface area contributed by atoms with Gasteiger partial charge in [-0.2, -0.15) is 4.98 Å². The Kier molecular flexibility index (Phi) is 6.30. The smallest absolute Gasteiger partial charge is 0.319 e. The van der Waals surface area contributed by atoms with Crippen LogP contribution in [0, 0.1) is 12.7 Å². The van der Waals surface area contributed by atoms with E-state index in [-0.39, 0.29) is 11.8 Å². The van der Waals surface area contributed by atoms with Gasteiger partial charge in [-0.05, 0) is 38.1 Å². The lowest BCUT2D eigenvalue weighted by Crippen LogP contribution is -2.32. The summed E-state index contributed by atoms with van der Waals surface area (Å²) in [6.07, 6.45) is 0. The molecule has 24 heavy (non-hydrogen) atoms. The van der Waals surface area contributed by atoms with Crippen LogP contribution in [-0.2, 0) is 0 Å². The summed E-state index contributed by atoms with van der Waals surface area (Å²) in [5, 5.41) is 11.5. The van der Waals surface area contributed by atoms with E-state index < -0.39 is 0 Å². The van der Waals surface area contributed by atoms with Gasteiger partial charge in [0.25, 0.3) is 0 Å². The molecule has 0 aliphatic rings. The van der Waals surface area contributed by atoms with Crippen molar-refractivity contribution in [1.82, 2.24) is 15.3 Å². The zero-order valence-electron chi connectivity index (χ0n) is 13.7. The van der Waals surface area contributed by atoms with E-state index in [1.807, 2.05) is 19.9 Å². The van der Waals surface area contributed by atoms with Crippen molar-refractivity contribution in [2.75, 3.05) is 35.6 Å². The topological polar surface area (TPSA) is 91.0 Å². The van der Waals surface area contributed by atoms with Gasteiger partial charge in [0, 0.05) is 37.1 Å². The number of benzene rings is 1. The lowest BCUT2D eigenvalue weighted by molar-refractivity contribution is 0.252. The van der Waals surface area contributed by atoms with Crippen LogP contribution in [0.4, 0.5) is 26.6 Å². The predicted octanol–water partition coefficient (Wildman–Crippen LogP) is 2.59. The van der Waals surface area contributed by atoms with Gasteiger partial charge >= 0.3 is 6.03 Å². The summed E-state index contributed by atoms with van der Waals surface area (Å²) in [4.78, 5) is 20.3. The average molecular weight is 332 g/mol. The molecule has 0 unspecified atom stereocenters. The molecule has 0 saturated carbocycles. The van der Waals surface area contributed by atoms with Crippen LogP contribution in [0.15, 0.2) is 30.3 Å². The number of carbonyl (C=O) groups excluding carboxylic acids is 1. The molecule has 0 fully saturated rings. The molecule has 1 aromatic carbocycles. The molecule has 4 N–H and O–H groups in total. The monoisotopic (exact) mass is 332 g/mol. The number of aromatic nitrogens is 2. The van der Waals surface area contributed by atoms with Crippen molar-refractivity contribution >= 4 is 23.5 Å².